The van der Waals surface area contributed by atoms with Gasteiger partial charge in [-0.3, -0.25) is 4.79 Å². The van der Waals surface area contributed by atoms with Crippen molar-refractivity contribution in [3.8, 4) is 5.69 Å². The number of benzene rings is 1. The first-order valence-corrected chi connectivity index (χ1v) is 17.2. The van der Waals surface area contributed by atoms with Crippen molar-refractivity contribution in [1.29, 1.82) is 0 Å². The Kier molecular flexibility index (Phi) is 6.91. The molecule has 5 aliphatic rings. The number of aliphatic hydroxyl groups is 1. The van der Waals surface area contributed by atoms with E-state index in [4.69, 9.17) is 4.74 Å². The summed E-state index contributed by atoms with van der Waals surface area (Å²) < 4.78 is 10.3. The van der Waals surface area contributed by atoms with E-state index in [1.54, 1.807) is 21.5 Å². The van der Waals surface area contributed by atoms with Crippen LogP contribution in [0.4, 0.5) is 0 Å². The third-order valence-electron chi connectivity index (χ3n) is 13.0. The van der Waals surface area contributed by atoms with Gasteiger partial charge in [0.25, 0.3) is 0 Å². The van der Waals surface area contributed by atoms with Gasteiger partial charge in [-0.25, -0.2) is 23.5 Å². The summed E-state index contributed by atoms with van der Waals surface area (Å²) in [7, 11) is 0. The van der Waals surface area contributed by atoms with Gasteiger partial charge in [0.05, 0.1) is 17.3 Å². The Morgan fingerprint density at radius 2 is 1.73 bits per heavy atom. The fraction of sp³-hybridized carbons (Fsp3) is 0.649. The summed E-state index contributed by atoms with van der Waals surface area (Å²) in [4.78, 5) is 41.4. The van der Waals surface area contributed by atoms with Crippen LogP contribution in [0.25, 0.3) is 5.69 Å². The molecule has 242 valence electrons. The average Bonchev–Trinajstić information content (AvgIpc) is 3.48. The highest BCUT2D eigenvalue weighted by molar-refractivity contribution is 5.66. The van der Waals surface area contributed by atoms with Crippen molar-refractivity contribution >= 4 is 5.97 Å². The highest BCUT2D eigenvalue weighted by atomic mass is 16.5. The van der Waals surface area contributed by atoms with Gasteiger partial charge in [-0.15, -0.1) is 0 Å². The Bertz CT molecular complexity index is 1710. The molecule has 0 amide bonds. The predicted molar refractivity (Wildman–Crippen MR) is 173 cm³/mol. The second-order valence-electron chi connectivity index (χ2n) is 15.7. The number of aliphatic hydroxyl groups excluding tert-OH is 1. The Morgan fingerprint density at radius 1 is 1.02 bits per heavy atom. The first-order chi connectivity index (χ1) is 21.3. The first-order valence-electron chi connectivity index (χ1n) is 17.2. The van der Waals surface area contributed by atoms with Crippen molar-refractivity contribution in [2.45, 2.75) is 123 Å². The molecule has 7 rings (SSSR count). The lowest BCUT2D eigenvalue weighted by atomic mass is 9.44. The van der Waals surface area contributed by atoms with E-state index in [2.05, 4.69) is 46.8 Å². The van der Waals surface area contributed by atoms with Crippen LogP contribution in [-0.2, 0) is 20.6 Å². The number of carbonyl (C=O) groups is 1. The van der Waals surface area contributed by atoms with Gasteiger partial charge in [0.2, 0.25) is 0 Å². The number of hydrogen-bond donors (Lipinski definition) is 1. The molecule has 1 aromatic heterocycles. The SMILES string of the molecule is CC(=O)O[C@H]1CC[C@@]2(C)[C@@]3(C=CC4=C5CC[C@H]([C@H](C)CCCC(C)C)[C@@]5(C)C[C@@H](O)[C@@]42n2c(=O)n(-c4ccccc4)c(=O)n23)C1. The lowest BCUT2D eigenvalue weighted by Crippen LogP contribution is -2.67. The molecule has 8 heteroatoms. The van der Waals surface area contributed by atoms with Gasteiger partial charge in [0, 0.05) is 18.8 Å². The highest BCUT2D eigenvalue weighted by Crippen LogP contribution is 2.73. The van der Waals surface area contributed by atoms with E-state index in [1.165, 1.54) is 36.3 Å². The summed E-state index contributed by atoms with van der Waals surface area (Å²) in [6.07, 6.45) is 10.8. The Labute approximate surface area is 265 Å². The molecule has 0 radical (unpaired) electrons. The van der Waals surface area contributed by atoms with Crippen molar-refractivity contribution in [3.05, 3.63) is 74.6 Å². The molecule has 2 aromatic rings. The second kappa shape index (κ2) is 10.2. The predicted octanol–water partition coefficient (Wildman–Crippen LogP) is 5.84. The van der Waals surface area contributed by atoms with Crippen molar-refractivity contribution < 1.29 is 14.6 Å². The molecule has 2 heterocycles. The van der Waals surface area contributed by atoms with Gasteiger partial charge in [0.15, 0.2) is 0 Å². The fourth-order valence-electron chi connectivity index (χ4n) is 11.1. The van der Waals surface area contributed by atoms with Crippen molar-refractivity contribution in [2.24, 2.45) is 28.6 Å². The zero-order valence-electron chi connectivity index (χ0n) is 27.7. The molecule has 2 fully saturated rings. The summed E-state index contributed by atoms with van der Waals surface area (Å²) in [6, 6.07) is 9.06. The van der Waals surface area contributed by atoms with Crippen LogP contribution in [0.1, 0.15) is 99.3 Å². The number of rotatable bonds is 7. The number of para-hydroxylation sites is 1. The minimum Gasteiger partial charge on any atom is -0.462 e. The number of carbonyl (C=O) groups excluding carboxylic acids is 1. The number of esters is 1. The third kappa shape index (κ3) is 3.78. The Balaban J connectivity index is 1.46. The van der Waals surface area contributed by atoms with Crippen LogP contribution in [-0.4, -0.2) is 37.2 Å². The Hall–Kier alpha value is -3.13. The summed E-state index contributed by atoms with van der Waals surface area (Å²) in [5.74, 6) is 1.31. The van der Waals surface area contributed by atoms with Crippen molar-refractivity contribution in [2.75, 3.05) is 0 Å². The van der Waals surface area contributed by atoms with Gasteiger partial charge >= 0.3 is 17.3 Å². The second-order valence-corrected chi connectivity index (χ2v) is 15.7. The molecule has 1 N–H and O–H groups in total. The van der Waals surface area contributed by atoms with Gasteiger partial charge < -0.3 is 9.84 Å². The van der Waals surface area contributed by atoms with Gasteiger partial charge in [-0.1, -0.05) is 89.8 Å². The molecule has 4 aliphatic carbocycles. The topological polar surface area (TPSA) is 95.5 Å². The van der Waals surface area contributed by atoms with Gasteiger partial charge in [-0.2, -0.15) is 0 Å². The smallest absolute Gasteiger partial charge is 0.352 e. The molecule has 2 bridgehead atoms. The van der Waals surface area contributed by atoms with Crippen LogP contribution in [0.3, 0.4) is 0 Å². The monoisotopic (exact) mass is 615 g/mol. The van der Waals surface area contributed by atoms with E-state index >= 15 is 0 Å². The Morgan fingerprint density at radius 3 is 2.42 bits per heavy atom. The number of aromatic nitrogens is 3. The van der Waals surface area contributed by atoms with Gasteiger partial charge in [-0.05, 0) is 73.0 Å². The van der Waals surface area contributed by atoms with E-state index in [1.807, 2.05) is 18.2 Å². The van der Waals surface area contributed by atoms with Crippen molar-refractivity contribution in [1.82, 2.24) is 13.9 Å². The molecule has 2 saturated carbocycles. The maximum absolute atomic E-state index is 14.7. The molecular weight excluding hydrogens is 566 g/mol. The number of ether oxygens (including phenoxy) is 1. The number of nitrogens with zero attached hydrogens (tertiary/aromatic N) is 3. The quantitative estimate of drug-likeness (QED) is 0.395. The largest absolute Gasteiger partial charge is 0.462 e. The van der Waals surface area contributed by atoms with Crippen LogP contribution in [0.15, 0.2) is 63.2 Å². The first kappa shape index (κ1) is 30.5. The third-order valence-corrected chi connectivity index (χ3v) is 13.0. The van der Waals surface area contributed by atoms with Crippen LogP contribution >= 0.6 is 0 Å². The lowest BCUT2D eigenvalue weighted by Gasteiger charge is -2.61. The summed E-state index contributed by atoms with van der Waals surface area (Å²) in [6.45, 7) is 12.9. The highest BCUT2D eigenvalue weighted by Gasteiger charge is 2.77. The van der Waals surface area contributed by atoms with Crippen LogP contribution in [0, 0.1) is 28.6 Å². The molecule has 0 unspecified atom stereocenters. The molecule has 1 spiro atoms. The molecule has 1 aliphatic heterocycles. The molecule has 8 nitrogen and oxygen atoms in total. The normalized spacial score (nSPS) is 36.8. The van der Waals surface area contributed by atoms with Crippen LogP contribution < -0.4 is 11.4 Å². The van der Waals surface area contributed by atoms with Crippen LogP contribution in [0.5, 0.6) is 0 Å². The number of allylic oxidation sites excluding steroid dienone is 3. The maximum atomic E-state index is 14.7. The molecular formula is C37H49N3O5. The van der Waals surface area contributed by atoms with E-state index in [0.717, 1.165) is 18.4 Å². The summed E-state index contributed by atoms with van der Waals surface area (Å²) in [5.41, 5.74) is -0.873. The zero-order chi connectivity index (χ0) is 32.1. The summed E-state index contributed by atoms with van der Waals surface area (Å²) in [5, 5.41) is 12.8. The fourth-order valence-corrected chi connectivity index (χ4v) is 11.1. The van der Waals surface area contributed by atoms with E-state index in [-0.39, 0.29) is 11.4 Å². The molecule has 1 aromatic carbocycles. The average molecular weight is 616 g/mol. The number of hydrogen-bond acceptors (Lipinski definition) is 5. The number of fused-ring (bicyclic) bond motifs is 2. The van der Waals surface area contributed by atoms with Crippen LogP contribution in [0.2, 0.25) is 0 Å². The van der Waals surface area contributed by atoms with Crippen molar-refractivity contribution in [3.63, 3.8) is 0 Å². The van der Waals surface area contributed by atoms with E-state index in [0.29, 0.717) is 49.1 Å². The van der Waals surface area contributed by atoms with Gasteiger partial charge in [0.1, 0.15) is 11.6 Å². The van der Waals surface area contributed by atoms with E-state index in [9.17, 15) is 19.5 Å². The molecule has 0 saturated heterocycles. The minimum atomic E-state index is -1.11. The lowest BCUT2D eigenvalue weighted by molar-refractivity contribution is -0.156. The minimum absolute atomic E-state index is 0.188. The maximum Gasteiger partial charge on any atom is 0.352 e. The van der Waals surface area contributed by atoms with E-state index < -0.39 is 40.1 Å². The molecule has 45 heavy (non-hydrogen) atoms. The summed E-state index contributed by atoms with van der Waals surface area (Å²) >= 11 is 0. The standard InChI is InChI=1S/C37H49N3O5/c1-23(2)11-10-12-24(3)28-15-16-29-30-18-20-36-21-27(45-25(4)41)17-19-35(36,6)37(30,31(42)22-34(28,29)5)40-33(44)38(32(43)39(36)40)26-13-8-7-9-14-26/h7-9,13-14,18,20,23-24,27-28,31,42H,10-12,15-17,19,21-22H2,1-6H3/t24-,27+,28-,31-,34-,35+,36-,37+/m1/s1. The molecule has 8 atom stereocenters. The zero-order valence-corrected chi connectivity index (χ0v) is 27.7.